The Labute approximate surface area is 133 Å². The summed E-state index contributed by atoms with van der Waals surface area (Å²) in [5, 5.41) is 3.22. The number of nitrogens with zero attached hydrogens (tertiary/aromatic N) is 4. The number of carbonyl (C=O) groups is 1. The first-order chi connectivity index (χ1) is 10.8. The highest BCUT2D eigenvalue weighted by Gasteiger charge is 2.18. The zero-order chi connectivity index (χ0) is 15.4. The van der Waals surface area contributed by atoms with E-state index in [1.807, 2.05) is 24.3 Å². The Morgan fingerprint density at radius 1 is 1.14 bits per heavy atom. The predicted molar refractivity (Wildman–Crippen MR) is 87.6 cm³/mol. The lowest BCUT2D eigenvalue weighted by Gasteiger charge is -2.36. The van der Waals surface area contributed by atoms with Crippen LogP contribution in [0.1, 0.15) is 0 Å². The number of hydrogen-bond acceptors (Lipinski definition) is 5. The van der Waals surface area contributed by atoms with E-state index in [4.69, 9.17) is 11.6 Å². The van der Waals surface area contributed by atoms with Crippen LogP contribution in [0.5, 0.6) is 0 Å². The van der Waals surface area contributed by atoms with Crippen LogP contribution in [-0.2, 0) is 4.79 Å². The highest BCUT2D eigenvalue weighted by molar-refractivity contribution is 6.30. The van der Waals surface area contributed by atoms with Gasteiger partial charge in [-0.1, -0.05) is 17.7 Å². The molecule has 2 heterocycles. The third-order valence-corrected chi connectivity index (χ3v) is 3.84. The lowest BCUT2D eigenvalue weighted by molar-refractivity contribution is -0.105. The Balaban J connectivity index is 1.66. The molecule has 0 atom stereocenters. The molecular weight excluding hydrogens is 302 g/mol. The maximum Gasteiger partial charge on any atom is 0.231 e. The van der Waals surface area contributed by atoms with Crippen molar-refractivity contribution >= 4 is 35.5 Å². The van der Waals surface area contributed by atoms with Crippen LogP contribution in [0.3, 0.4) is 0 Å². The van der Waals surface area contributed by atoms with Gasteiger partial charge in [0.2, 0.25) is 12.4 Å². The van der Waals surface area contributed by atoms with E-state index in [0.29, 0.717) is 12.4 Å². The number of carbonyl (C=O) groups excluding carboxylic acids is 1. The summed E-state index contributed by atoms with van der Waals surface area (Å²) in [6.45, 7) is 3.48. The molecule has 0 saturated carbocycles. The van der Waals surface area contributed by atoms with Gasteiger partial charge in [-0.15, -0.1) is 0 Å². The minimum absolute atomic E-state index is 0.324. The average molecular weight is 318 g/mol. The van der Waals surface area contributed by atoms with Crippen molar-refractivity contribution in [2.75, 3.05) is 41.3 Å². The van der Waals surface area contributed by atoms with Gasteiger partial charge < -0.3 is 9.80 Å². The third-order valence-electron chi connectivity index (χ3n) is 3.61. The molecule has 0 aliphatic carbocycles. The second kappa shape index (κ2) is 6.62. The fraction of sp³-hybridized carbons (Fsp3) is 0.267. The van der Waals surface area contributed by atoms with Gasteiger partial charge in [-0.3, -0.25) is 10.1 Å². The summed E-state index contributed by atoms with van der Waals surface area (Å²) in [7, 11) is 0. The van der Waals surface area contributed by atoms with Crippen molar-refractivity contribution in [3.8, 4) is 0 Å². The number of benzene rings is 1. The normalized spacial score (nSPS) is 14.8. The summed E-state index contributed by atoms with van der Waals surface area (Å²) in [6.07, 6.45) is 2.23. The molecule has 114 valence electrons. The Morgan fingerprint density at radius 2 is 1.91 bits per heavy atom. The van der Waals surface area contributed by atoms with Crippen LogP contribution >= 0.6 is 11.6 Å². The van der Waals surface area contributed by atoms with E-state index in [9.17, 15) is 4.79 Å². The van der Waals surface area contributed by atoms with Gasteiger partial charge in [-0.05, 0) is 24.3 Å². The molecular formula is C15H16ClN5O. The van der Waals surface area contributed by atoms with Crippen LogP contribution in [0.2, 0.25) is 5.02 Å². The zero-order valence-electron chi connectivity index (χ0n) is 11.9. The van der Waals surface area contributed by atoms with Crippen molar-refractivity contribution in [2.45, 2.75) is 0 Å². The number of nitrogens with one attached hydrogen (secondary N) is 1. The predicted octanol–water partition coefficient (Wildman–Crippen LogP) is 2.02. The first-order valence-electron chi connectivity index (χ1n) is 7.05. The van der Waals surface area contributed by atoms with Crippen molar-refractivity contribution in [3.05, 3.63) is 41.6 Å². The van der Waals surface area contributed by atoms with E-state index in [2.05, 4.69) is 31.2 Å². The molecule has 1 aliphatic heterocycles. The Morgan fingerprint density at radius 3 is 2.64 bits per heavy atom. The highest BCUT2D eigenvalue weighted by atomic mass is 35.5. The van der Waals surface area contributed by atoms with Crippen molar-refractivity contribution < 1.29 is 4.79 Å². The second-order valence-corrected chi connectivity index (χ2v) is 5.39. The monoisotopic (exact) mass is 317 g/mol. The molecule has 1 fully saturated rings. The van der Waals surface area contributed by atoms with E-state index in [0.717, 1.165) is 42.7 Å². The number of halogens is 1. The van der Waals surface area contributed by atoms with E-state index >= 15 is 0 Å². The van der Waals surface area contributed by atoms with Gasteiger partial charge in [-0.25, -0.2) is 4.98 Å². The molecule has 7 heteroatoms. The van der Waals surface area contributed by atoms with Crippen LogP contribution in [0.4, 0.5) is 17.5 Å². The highest BCUT2D eigenvalue weighted by Crippen LogP contribution is 2.22. The van der Waals surface area contributed by atoms with Gasteiger partial charge >= 0.3 is 0 Å². The SMILES string of the molecule is O=CNc1nccc(N2CCN(c3cccc(Cl)c3)CC2)n1. The number of aromatic nitrogens is 2. The molecule has 2 aromatic rings. The number of hydrogen-bond donors (Lipinski definition) is 1. The van der Waals surface area contributed by atoms with Gasteiger partial charge in [0, 0.05) is 43.1 Å². The molecule has 1 amide bonds. The summed E-state index contributed by atoms with van der Waals surface area (Å²) in [4.78, 5) is 23.3. The van der Waals surface area contributed by atoms with Crippen molar-refractivity contribution in [1.29, 1.82) is 0 Å². The molecule has 0 spiro atoms. The summed E-state index contributed by atoms with van der Waals surface area (Å²) in [5.41, 5.74) is 1.14. The van der Waals surface area contributed by atoms with E-state index in [1.54, 1.807) is 6.20 Å². The summed E-state index contributed by atoms with van der Waals surface area (Å²) in [5.74, 6) is 1.15. The molecule has 1 aliphatic rings. The minimum Gasteiger partial charge on any atom is -0.368 e. The maximum atomic E-state index is 10.5. The molecule has 1 aromatic heterocycles. The lowest BCUT2D eigenvalue weighted by atomic mass is 10.2. The molecule has 0 unspecified atom stereocenters. The standard InChI is InChI=1S/C15H16ClN5O/c16-12-2-1-3-13(10-12)20-6-8-21(9-7-20)14-4-5-17-15(19-14)18-11-22/h1-5,10-11H,6-9H2,(H,17,18,19,22). The molecule has 3 rings (SSSR count). The fourth-order valence-corrected chi connectivity index (χ4v) is 2.70. The number of anilines is 3. The largest absolute Gasteiger partial charge is 0.368 e. The average Bonchev–Trinajstić information content (AvgIpc) is 2.56. The van der Waals surface area contributed by atoms with Crippen LogP contribution in [-0.4, -0.2) is 42.6 Å². The van der Waals surface area contributed by atoms with Gasteiger partial charge in [0.15, 0.2) is 0 Å². The minimum atomic E-state index is 0.324. The number of amides is 1. The third kappa shape index (κ3) is 3.28. The summed E-state index contributed by atoms with van der Waals surface area (Å²) in [6, 6.07) is 9.74. The van der Waals surface area contributed by atoms with Crippen LogP contribution in [0.15, 0.2) is 36.5 Å². The Hall–Kier alpha value is -2.34. The molecule has 0 bridgehead atoms. The smallest absolute Gasteiger partial charge is 0.231 e. The quantitative estimate of drug-likeness (QED) is 0.874. The lowest BCUT2D eigenvalue weighted by Crippen LogP contribution is -2.46. The van der Waals surface area contributed by atoms with Gasteiger partial charge in [0.1, 0.15) is 5.82 Å². The second-order valence-electron chi connectivity index (χ2n) is 4.95. The van der Waals surface area contributed by atoms with Crippen LogP contribution < -0.4 is 15.1 Å². The van der Waals surface area contributed by atoms with Gasteiger partial charge in [0.05, 0.1) is 0 Å². The van der Waals surface area contributed by atoms with Crippen molar-refractivity contribution in [3.63, 3.8) is 0 Å². The molecule has 6 nitrogen and oxygen atoms in total. The van der Waals surface area contributed by atoms with E-state index in [1.165, 1.54) is 0 Å². The summed E-state index contributed by atoms with van der Waals surface area (Å²) >= 11 is 6.05. The molecule has 1 aromatic carbocycles. The Bertz CT molecular complexity index is 658. The first kappa shape index (κ1) is 14.6. The Kier molecular flexibility index (Phi) is 4.39. The fourth-order valence-electron chi connectivity index (χ4n) is 2.51. The van der Waals surface area contributed by atoms with Gasteiger partial charge in [0.25, 0.3) is 0 Å². The zero-order valence-corrected chi connectivity index (χ0v) is 12.7. The van der Waals surface area contributed by atoms with Crippen molar-refractivity contribution in [2.24, 2.45) is 0 Å². The van der Waals surface area contributed by atoms with Gasteiger partial charge in [-0.2, -0.15) is 4.98 Å². The molecule has 0 radical (unpaired) electrons. The van der Waals surface area contributed by atoms with Crippen LogP contribution in [0, 0.1) is 0 Å². The summed E-state index contributed by atoms with van der Waals surface area (Å²) < 4.78 is 0. The van der Waals surface area contributed by atoms with Crippen LogP contribution in [0.25, 0.3) is 0 Å². The molecule has 1 saturated heterocycles. The van der Waals surface area contributed by atoms with E-state index in [-0.39, 0.29) is 0 Å². The molecule has 1 N–H and O–H groups in total. The van der Waals surface area contributed by atoms with Crippen molar-refractivity contribution in [1.82, 2.24) is 9.97 Å². The number of rotatable bonds is 4. The first-order valence-corrected chi connectivity index (χ1v) is 7.43. The number of piperazine rings is 1. The topological polar surface area (TPSA) is 61.4 Å². The van der Waals surface area contributed by atoms with E-state index < -0.39 is 0 Å². The molecule has 22 heavy (non-hydrogen) atoms. The maximum absolute atomic E-state index is 10.5.